The van der Waals surface area contributed by atoms with Crippen molar-refractivity contribution in [3.63, 3.8) is 0 Å². The largest absolute Gasteiger partial charge is 0.573 e. The van der Waals surface area contributed by atoms with E-state index in [0.717, 1.165) is 36.0 Å². The third-order valence-corrected chi connectivity index (χ3v) is 6.88. The van der Waals surface area contributed by atoms with E-state index in [1.54, 1.807) is 11.1 Å². The van der Waals surface area contributed by atoms with Gasteiger partial charge in [-0.25, -0.2) is 0 Å². The fourth-order valence-electron chi connectivity index (χ4n) is 4.80. The molecule has 2 saturated heterocycles. The first-order chi connectivity index (χ1) is 18.2. The predicted molar refractivity (Wildman–Crippen MR) is 134 cm³/mol. The van der Waals surface area contributed by atoms with Crippen LogP contribution >= 0.6 is 0 Å². The van der Waals surface area contributed by atoms with Gasteiger partial charge in [-0.2, -0.15) is 5.10 Å². The molecule has 3 heterocycles. The third-order valence-electron chi connectivity index (χ3n) is 6.88. The standard InChI is InChI=1S/C27H26F3N5O3/c28-27(29,30)38-23-4-1-3-20(15-23)26(37)34-13-10-19(11-14-34)18-6-8-22(9-7-18)32-25(36)21-16-35(17-21)24-5-2-12-31-33-24/h1-9,12,15,19,21H,10-11,13-14,16-17H2,(H,32,36). The summed E-state index contributed by atoms with van der Waals surface area (Å²) in [5.74, 6) is 0.135. The van der Waals surface area contributed by atoms with Gasteiger partial charge in [-0.3, -0.25) is 9.59 Å². The molecule has 0 saturated carbocycles. The van der Waals surface area contributed by atoms with Gasteiger partial charge in [0, 0.05) is 43.6 Å². The Bertz CT molecular complexity index is 1270. The summed E-state index contributed by atoms with van der Waals surface area (Å²) in [5.41, 5.74) is 2.01. The normalized spacial score (nSPS) is 16.6. The first kappa shape index (κ1) is 25.5. The number of halogens is 3. The number of ether oxygens (including phenoxy) is 1. The number of rotatable bonds is 6. The van der Waals surface area contributed by atoms with E-state index < -0.39 is 12.1 Å². The SMILES string of the molecule is O=C(Nc1ccc(C2CCN(C(=O)c3cccc(OC(F)(F)F)c3)CC2)cc1)C1CN(c2cccnn2)C1. The van der Waals surface area contributed by atoms with Gasteiger partial charge in [0.2, 0.25) is 5.91 Å². The van der Waals surface area contributed by atoms with E-state index in [1.165, 1.54) is 18.2 Å². The zero-order valence-corrected chi connectivity index (χ0v) is 20.4. The van der Waals surface area contributed by atoms with Crippen molar-refractivity contribution in [1.82, 2.24) is 15.1 Å². The maximum atomic E-state index is 12.8. The predicted octanol–water partition coefficient (Wildman–Crippen LogP) is 4.47. The van der Waals surface area contributed by atoms with Crippen LogP contribution in [0.25, 0.3) is 0 Å². The van der Waals surface area contributed by atoms with E-state index in [2.05, 4.69) is 20.3 Å². The lowest BCUT2D eigenvalue weighted by Gasteiger charge is -2.38. The number of hydrogen-bond donors (Lipinski definition) is 1. The molecule has 11 heteroatoms. The summed E-state index contributed by atoms with van der Waals surface area (Å²) >= 11 is 0. The molecule has 2 fully saturated rings. The van der Waals surface area contributed by atoms with Gasteiger partial charge in [-0.05, 0) is 66.8 Å². The molecule has 0 atom stereocenters. The van der Waals surface area contributed by atoms with Crippen molar-refractivity contribution in [3.05, 3.63) is 78.0 Å². The minimum atomic E-state index is -4.81. The van der Waals surface area contributed by atoms with Crippen LogP contribution in [0.15, 0.2) is 66.9 Å². The summed E-state index contributed by atoms with van der Waals surface area (Å²) in [4.78, 5) is 29.1. The molecule has 5 rings (SSSR count). The lowest BCUT2D eigenvalue weighted by atomic mass is 9.89. The fourth-order valence-corrected chi connectivity index (χ4v) is 4.80. The number of carbonyl (C=O) groups excluding carboxylic acids is 2. The van der Waals surface area contributed by atoms with Crippen molar-refractivity contribution in [2.45, 2.75) is 25.1 Å². The summed E-state index contributed by atoms with van der Waals surface area (Å²) < 4.78 is 41.4. The molecule has 3 aromatic rings. The van der Waals surface area contributed by atoms with E-state index in [0.29, 0.717) is 26.2 Å². The highest BCUT2D eigenvalue weighted by atomic mass is 19.4. The van der Waals surface area contributed by atoms with Crippen LogP contribution in [-0.4, -0.2) is 59.5 Å². The second-order valence-corrected chi connectivity index (χ2v) is 9.44. The van der Waals surface area contributed by atoms with Crippen molar-refractivity contribution in [2.24, 2.45) is 5.92 Å². The Balaban J connectivity index is 1.10. The number of aromatic nitrogens is 2. The van der Waals surface area contributed by atoms with E-state index in [9.17, 15) is 22.8 Å². The number of amides is 2. The summed E-state index contributed by atoms with van der Waals surface area (Å²) in [5, 5.41) is 10.9. The number of nitrogens with one attached hydrogen (secondary N) is 1. The van der Waals surface area contributed by atoms with Gasteiger partial charge in [0.1, 0.15) is 5.75 Å². The van der Waals surface area contributed by atoms with E-state index >= 15 is 0 Å². The topological polar surface area (TPSA) is 87.7 Å². The Hall–Kier alpha value is -4.15. The minimum absolute atomic E-state index is 0.0330. The third kappa shape index (κ3) is 6.04. The second-order valence-electron chi connectivity index (χ2n) is 9.44. The molecule has 0 bridgehead atoms. The van der Waals surface area contributed by atoms with Crippen LogP contribution in [0.3, 0.4) is 0 Å². The van der Waals surface area contributed by atoms with E-state index in [4.69, 9.17) is 0 Å². The molecule has 2 aromatic carbocycles. The Labute approximate surface area is 217 Å². The summed E-state index contributed by atoms with van der Waals surface area (Å²) in [6.07, 6.45) is -1.73. The molecule has 0 radical (unpaired) electrons. The Morgan fingerprint density at radius 2 is 1.71 bits per heavy atom. The van der Waals surface area contributed by atoms with E-state index in [1.807, 2.05) is 41.3 Å². The molecular weight excluding hydrogens is 499 g/mol. The highest BCUT2D eigenvalue weighted by molar-refractivity contribution is 5.95. The first-order valence-corrected chi connectivity index (χ1v) is 12.3. The van der Waals surface area contributed by atoms with Gasteiger partial charge in [-0.15, -0.1) is 18.3 Å². The lowest BCUT2D eigenvalue weighted by Crippen LogP contribution is -2.52. The van der Waals surface area contributed by atoms with Gasteiger partial charge < -0.3 is 19.9 Å². The molecule has 0 spiro atoms. The van der Waals surface area contributed by atoms with Crippen LogP contribution in [0.5, 0.6) is 5.75 Å². The zero-order valence-electron chi connectivity index (χ0n) is 20.4. The molecule has 2 aliphatic rings. The Kier molecular flexibility index (Phi) is 7.17. The fraction of sp³-hybridized carbons (Fsp3) is 0.333. The average Bonchev–Trinajstić information content (AvgIpc) is 2.88. The highest BCUT2D eigenvalue weighted by Crippen LogP contribution is 2.31. The Morgan fingerprint density at radius 3 is 2.37 bits per heavy atom. The van der Waals surface area contributed by atoms with Gasteiger partial charge in [0.25, 0.3) is 5.91 Å². The molecule has 0 aliphatic carbocycles. The quantitative estimate of drug-likeness (QED) is 0.511. The smallest absolute Gasteiger partial charge is 0.406 e. The second kappa shape index (κ2) is 10.7. The lowest BCUT2D eigenvalue weighted by molar-refractivity contribution is -0.274. The van der Waals surface area contributed by atoms with Crippen LogP contribution in [-0.2, 0) is 4.79 Å². The average molecular weight is 526 g/mol. The summed E-state index contributed by atoms with van der Waals surface area (Å²) in [6.45, 7) is 2.19. The van der Waals surface area contributed by atoms with Crippen molar-refractivity contribution in [3.8, 4) is 5.75 Å². The van der Waals surface area contributed by atoms with Crippen molar-refractivity contribution < 1.29 is 27.5 Å². The molecule has 38 heavy (non-hydrogen) atoms. The number of carbonyl (C=O) groups is 2. The van der Waals surface area contributed by atoms with Crippen LogP contribution in [0, 0.1) is 5.92 Å². The molecule has 198 valence electrons. The minimum Gasteiger partial charge on any atom is -0.406 e. The van der Waals surface area contributed by atoms with Gasteiger partial charge in [-0.1, -0.05) is 18.2 Å². The number of anilines is 2. The van der Waals surface area contributed by atoms with Crippen molar-refractivity contribution >= 4 is 23.3 Å². The van der Waals surface area contributed by atoms with Crippen molar-refractivity contribution in [2.75, 3.05) is 36.4 Å². The number of piperidine rings is 1. The maximum Gasteiger partial charge on any atom is 0.573 e. The number of benzene rings is 2. The number of hydrogen-bond acceptors (Lipinski definition) is 6. The monoisotopic (exact) mass is 525 g/mol. The van der Waals surface area contributed by atoms with Gasteiger partial charge in [0.05, 0.1) is 5.92 Å². The molecule has 2 aliphatic heterocycles. The van der Waals surface area contributed by atoms with E-state index in [-0.39, 0.29) is 29.2 Å². The number of likely N-dealkylation sites (tertiary alicyclic amines) is 1. The van der Waals surface area contributed by atoms with Crippen molar-refractivity contribution in [1.29, 1.82) is 0 Å². The van der Waals surface area contributed by atoms with Crippen LogP contribution in [0.4, 0.5) is 24.7 Å². The van der Waals surface area contributed by atoms with Crippen LogP contribution < -0.4 is 15.0 Å². The number of nitrogens with zero attached hydrogens (tertiary/aromatic N) is 4. The van der Waals surface area contributed by atoms with Gasteiger partial charge >= 0.3 is 6.36 Å². The van der Waals surface area contributed by atoms with Gasteiger partial charge in [0.15, 0.2) is 5.82 Å². The summed E-state index contributed by atoms with van der Waals surface area (Å²) in [7, 11) is 0. The molecular formula is C27H26F3N5O3. The zero-order chi connectivity index (χ0) is 26.7. The molecule has 1 aromatic heterocycles. The van der Waals surface area contributed by atoms with Crippen LogP contribution in [0.1, 0.15) is 34.7 Å². The highest BCUT2D eigenvalue weighted by Gasteiger charge is 2.34. The Morgan fingerprint density at radius 1 is 0.974 bits per heavy atom. The number of alkyl halides is 3. The maximum absolute atomic E-state index is 12.8. The molecule has 0 unspecified atom stereocenters. The first-order valence-electron chi connectivity index (χ1n) is 12.3. The van der Waals surface area contributed by atoms with Crippen LogP contribution in [0.2, 0.25) is 0 Å². The molecule has 8 nitrogen and oxygen atoms in total. The summed E-state index contributed by atoms with van der Waals surface area (Å²) in [6, 6.07) is 16.6. The molecule has 1 N–H and O–H groups in total. The molecule has 2 amide bonds.